The number of ether oxygens (including phenoxy) is 1. The molecule has 2 rings (SSSR count). The van der Waals surface area contributed by atoms with Crippen LogP contribution in [-0.4, -0.2) is 18.3 Å². The van der Waals surface area contributed by atoms with E-state index in [4.69, 9.17) is 4.74 Å². The molecule has 19 heavy (non-hydrogen) atoms. The van der Waals surface area contributed by atoms with Crippen molar-refractivity contribution in [1.29, 1.82) is 0 Å². The molecular weight excluding hydrogens is 238 g/mol. The van der Waals surface area contributed by atoms with Gasteiger partial charge in [-0.15, -0.1) is 0 Å². The number of nitrogens with one attached hydrogen (secondary N) is 1. The van der Waals surface area contributed by atoms with Crippen molar-refractivity contribution in [2.75, 3.05) is 7.11 Å². The molecule has 0 saturated heterocycles. The molecule has 1 fully saturated rings. The highest BCUT2D eigenvalue weighted by atomic mass is 16.5. The normalized spacial score (nSPS) is 23.3. The summed E-state index contributed by atoms with van der Waals surface area (Å²) in [5, 5.41) is 13.3. The highest BCUT2D eigenvalue weighted by Gasteiger charge is 2.19. The van der Waals surface area contributed by atoms with Crippen molar-refractivity contribution in [2.45, 2.75) is 51.6 Å². The van der Waals surface area contributed by atoms with Crippen LogP contribution in [0.4, 0.5) is 0 Å². The van der Waals surface area contributed by atoms with Crippen molar-refractivity contribution in [1.82, 2.24) is 5.32 Å². The fourth-order valence-corrected chi connectivity index (χ4v) is 2.88. The summed E-state index contributed by atoms with van der Waals surface area (Å²) < 4.78 is 5.05. The summed E-state index contributed by atoms with van der Waals surface area (Å²) in [5.41, 5.74) is 1.11. The molecule has 1 aromatic carbocycles. The average molecular weight is 263 g/mol. The minimum atomic E-state index is 0.219. The van der Waals surface area contributed by atoms with Crippen molar-refractivity contribution in [2.24, 2.45) is 5.92 Å². The van der Waals surface area contributed by atoms with E-state index in [2.05, 4.69) is 12.2 Å². The van der Waals surface area contributed by atoms with E-state index in [-0.39, 0.29) is 5.75 Å². The van der Waals surface area contributed by atoms with Gasteiger partial charge in [0.2, 0.25) is 0 Å². The lowest BCUT2D eigenvalue weighted by atomic mass is 9.84. The highest BCUT2D eigenvalue weighted by molar-refractivity contribution is 5.41. The zero-order chi connectivity index (χ0) is 13.7. The highest BCUT2D eigenvalue weighted by Crippen LogP contribution is 2.28. The zero-order valence-electron chi connectivity index (χ0n) is 12.0. The van der Waals surface area contributed by atoms with Gasteiger partial charge in [-0.2, -0.15) is 0 Å². The first-order chi connectivity index (χ1) is 9.22. The van der Waals surface area contributed by atoms with E-state index in [1.165, 1.54) is 32.1 Å². The SMILES string of the molecule is CCC1CCC(NCc2ccc(OC)c(O)c2)CC1. The summed E-state index contributed by atoms with van der Waals surface area (Å²) in [6.07, 6.45) is 6.57. The van der Waals surface area contributed by atoms with Gasteiger partial charge in [-0.1, -0.05) is 19.4 Å². The molecular formula is C16H25NO2. The molecule has 0 bridgehead atoms. The number of hydrogen-bond donors (Lipinski definition) is 2. The maximum atomic E-state index is 9.74. The number of methoxy groups -OCH3 is 1. The van der Waals surface area contributed by atoms with Crippen LogP contribution in [0.25, 0.3) is 0 Å². The first-order valence-corrected chi connectivity index (χ1v) is 7.32. The third-order valence-electron chi connectivity index (χ3n) is 4.26. The van der Waals surface area contributed by atoms with Crippen LogP contribution >= 0.6 is 0 Å². The predicted octanol–water partition coefficient (Wildman–Crippen LogP) is 3.46. The number of phenols is 1. The minimum absolute atomic E-state index is 0.219. The first-order valence-electron chi connectivity index (χ1n) is 7.32. The molecule has 0 radical (unpaired) electrons. The summed E-state index contributed by atoms with van der Waals surface area (Å²) >= 11 is 0. The van der Waals surface area contributed by atoms with Gasteiger partial charge in [0.15, 0.2) is 11.5 Å². The number of aromatic hydroxyl groups is 1. The smallest absolute Gasteiger partial charge is 0.160 e. The molecule has 0 unspecified atom stereocenters. The van der Waals surface area contributed by atoms with E-state index in [0.29, 0.717) is 11.8 Å². The molecule has 106 valence electrons. The van der Waals surface area contributed by atoms with E-state index in [9.17, 15) is 5.11 Å². The lowest BCUT2D eigenvalue weighted by Crippen LogP contribution is -2.32. The van der Waals surface area contributed by atoms with Gasteiger partial charge in [0.05, 0.1) is 7.11 Å². The Balaban J connectivity index is 1.81. The largest absolute Gasteiger partial charge is 0.504 e. The number of benzene rings is 1. The van der Waals surface area contributed by atoms with Gasteiger partial charge in [0.25, 0.3) is 0 Å². The van der Waals surface area contributed by atoms with Crippen molar-refractivity contribution in [3.63, 3.8) is 0 Å². The van der Waals surface area contributed by atoms with Crippen molar-refractivity contribution < 1.29 is 9.84 Å². The summed E-state index contributed by atoms with van der Waals surface area (Å²) in [7, 11) is 1.57. The van der Waals surface area contributed by atoms with Gasteiger partial charge in [-0.05, 0) is 49.3 Å². The molecule has 1 aromatic rings. The third-order valence-corrected chi connectivity index (χ3v) is 4.26. The van der Waals surface area contributed by atoms with Crippen LogP contribution in [0.5, 0.6) is 11.5 Å². The molecule has 0 aromatic heterocycles. The Bertz CT molecular complexity index is 398. The van der Waals surface area contributed by atoms with Crippen LogP contribution in [0.1, 0.15) is 44.6 Å². The molecule has 1 aliphatic rings. The van der Waals surface area contributed by atoms with E-state index >= 15 is 0 Å². The van der Waals surface area contributed by atoms with Crippen molar-refractivity contribution in [3.8, 4) is 11.5 Å². The molecule has 1 aliphatic carbocycles. The molecule has 0 spiro atoms. The Morgan fingerprint density at radius 3 is 2.58 bits per heavy atom. The van der Waals surface area contributed by atoms with Crippen LogP contribution in [-0.2, 0) is 6.54 Å². The summed E-state index contributed by atoms with van der Waals surface area (Å²) in [6, 6.07) is 6.24. The maximum absolute atomic E-state index is 9.74. The molecule has 0 amide bonds. The number of hydrogen-bond acceptors (Lipinski definition) is 3. The fraction of sp³-hybridized carbons (Fsp3) is 0.625. The molecule has 1 saturated carbocycles. The lowest BCUT2D eigenvalue weighted by molar-refractivity contribution is 0.285. The molecule has 3 heteroatoms. The molecule has 0 atom stereocenters. The van der Waals surface area contributed by atoms with E-state index in [1.54, 1.807) is 13.2 Å². The van der Waals surface area contributed by atoms with Gasteiger partial charge in [-0.25, -0.2) is 0 Å². The van der Waals surface area contributed by atoms with Crippen LogP contribution in [0.15, 0.2) is 18.2 Å². The zero-order valence-corrected chi connectivity index (χ0v) is 12.0. The molecule has 3 nitrogen and oxygen atoms in total. The van der Waals surface area contributed by atoms with Gasteiger partial charge in [0.1, 0.15) is 0 Å². The Morgan fingerprint density at radius 2 is 2.00 bits per heavy atom. The standard InChI is InChI=1S/C16H25NO2/c1-3-12-4-7-14(8-5-12)17-11-13-6-9-16(19-2)15(18)10-13/h6,9-10,12,14,17-18H,3-5,7-8,11H2,1-2H3. The Kier molecular flexibility index (Phi) is 5.08. The van der Waals surface area contributed by atoms with E-state index in [0.717, 1.165) is 18.0 Å². The quantitative estimate of drug-likeness (QED) is 0.855. The summed E-state index contributed by atoms with van der Waals surface area (Å²) in [4.78, 5) is 0. The Labute approximate surface area is 116 Å². The molecule has 0 heterocycles. The first kappa shape index (κ1) is 14.2. The van der Waals surface area contributed by atoms with Crippen molar-refractivity contribution in [3.05, 3.63) is 23.8 Å². The van der Waals surface area contributed by atoms with Crippen LogP contribution < -0.4 is 10.1 Å². The predicted molar refractivity (Wildman–Crippen MR) is 77.5 cm³/mol. The van der Waals surface area contributed by atoms with Gasteiger partial charge in [-0.3, -0.25) is 0 Å². The summed E-state index contributed by atoms with van der Waals surface area (Å²) in [5.74, 6) is 1.69. The third kappa shape index (κ3) is 3.87. The van der Waals surface area contributed by atoms with Crippen LogP contribution in [0.3, 0.4) is 0 Å². The average Bonchev–Trinajstić information content (AvgIpc) is 2.46. The number of rotatable bonds is 5. The van der Waals surface area contributed by atoms with E-state index in [1.807, 2.05) is 12.1 Å². The van der Waals surface area contributed by atoms with Crippen LogP contribution in [0, 0.1) is 5.92 Å². The Hall–Kier alpha value is -1.22. The second-order valence-corrected chi connectivity index (χ2v) is 5.51. The topological polar surface area (TPSA) is 41.5 Å². The molecule has 2 N–H and O–H groups in total. The maximum Gasteiger partial charge on any atom is 0.160 e. The number of phenolic OH excluding ortho intramolecular Hbond substituents is 1. The van der Waals surface area contributed by atoms with Crippen LogP contribution in [0.2, 0.25) is 0 Å². The fourth-order valence-electron chi connectivity index (χ4n) is 2.88. The van der Waals surface area contributed by atoms with Crippen molar-refractivity contribution >= 4 is 0 Å². The van der Waals surface area contributed by atoms with Gasteiger partial charge < -0.3 is 15.2 Å². The van der Waals surface area contributed by atoms with E-state index < -0.39 is 0 Å². The second-order valence-electron chi connectivity index (χ2n) is 5.51. The Morgan fingerprint density at radius 1 is 1.26 bits per heavy atom. The second kappa shape index (κ2) is 6.80. The van der Waals surface area contributed by atoms with Gasteiger partial charge >= 0.3 is 0 Å². The van der Waals surface area contributed by atoms with Gasteiger partial charge in [0, 0.05) is 12.6 Å². The lowest BCUT2D eigenvalue weighted by Gasteiger charge is -2.28. The summed E-state index contributed by atoms with van der Waals surface area (Å²) in [6.45, 7) is 3.11. The monoisotopic (exact) mass is 263 g/mol. The molecule has 0 aliphatic heterocycles. The minimum Gasteiger partial charge on any atom is -0.504 e.